The molecule has 56 heavy (non-hydrogen) atoms. The van der Waals surface area contributed by atoms with Crippen LogP contribution in [0.15, 0.2) is 47.4 Å². The minimum Gasteiger partial charge on any atom is -0.508 e. The lowest BCUT2D eigenvalue weighted by Crippen LogP contribution is -2.60. The van der Waals surface area contributed by atoms with Crippen LogP contribution in [0.25, 0.3) is 0 Å². The number of carbonyl (C=O) groups is 6. The Hall–Kier alpha value is -4.95. The number of likely N-dealkylation sites (tertiary alicyclic amines) is 1. The number of hydrogen-bond donors (Lipinski definition) is 7. The van der Waals surface area contributed by atoms with E-state index in [1.807, 2.05) is 0 Å². The van der Waals surface area contributed by atoms with Crippen molar-refractivity contribution in [3.05, 3.63) is 58.6 Å². The molecule has 2 aromatic carbocycles. The molecule has 0 bridgehead atoms. The molecule has 1 saturated heterocycles. The molecule has 0 spiro atoms. The summed E-state index contributed by atoms with van der Waals surface area (Å²) in [7, 11) is -4.84. The zero-order chi connectivity index (χ0) is 42.2. The van der Waals surface area contributed by atoms with Gasteiger partial charge in [0.2, 0.25) is 39.6 Å². The second kappa shape index (κ2) is 18.8. The third-order valence-corrected chi connectivity index (χ3v) is 10.6. The van der Waals surface area contributed by atoms with E-state index in [0.717, 1.165) is 6.07 Å². The minimum atomic E-state index is -5.01. The van der Waals surface area contributed by atoms with Crippen molar-refractivity contribution >= 4 is 57.1 Å². The number of nitrogens with zero attached hydrogens (tertiary/aromatic N) is 1. The normalized spacial score (nSPS) is 16.3. The van der Waals surface area contributed by atoms with Crippen LogP contribution in [0.5, 0.6) is 5.75 Å². The predicted octanol–water partition coefficient (Wildman–Crippen LogP) is 1.82. The first-order valence-electron chi connectivity index (χ1n) is 17.2. The van der Waals surface area contributed by atoms with Gasteiger partial charge in [-0.1, -0.05) is 44.5 Å². The Balaban J connectivity index is 1.69. The van der Waals surface area contributed by atoms with Gasteiger partial charge in [-0.3, -0.25) is 28.8 Å². The van der Waals surface area contributed by atoms with Crippen molar-refractivity contribution in [2.75, 3.05) is 13.1 Å². The van der Waals surface area contributed by atoms with E-state index in [1.165, 1.54) is 29.2 Å². The number of hydrogen-bond acceptors (Lipinski definition) is 9. The summed E-state index contributed by atoms with van der Waals surface area (Å²) >= 11 is 5.54. The van der Waals surface area contributed by atoms with Gasteiger partial charge in [0, 0.05) is 31.8 Å². The number of amides is 5. The van der Waals surface area contributed by atoms with Gasteiger partial charge in [0.25, 0.3) is 0 Å². The Morgan fingerprint density at radius 1 is 0.982 bits per heavy atom. The van der Waals surface area contributed by atoms with Crippen molar-refractivity contribution in [3.63, 3.8) is 0 Å². The molecule has 21 heteroatoms. The molecule has 4 atom stereocenters. The number of nitrogens with two attached hydrogens (primary N) is 1. The number of phenols is 1. The standard InChI is InChI=1S/C35H44ClF3N6O10S/c1-34(2,3)30(32(51)45-14-4-5-20(45)16-27(40)47)43-31(50)26(15-19-6-8-21(46)9-7-19)42-29(49)18-41-28(48)13-12-25(33(52)53)44-56(54,55)22-10-11-24(36)23(17-22)35(37,38)39/h6-11,17,20,25-26,30,44,46H,4-5,12-16,18H2,1-3H3,(H2,40,47)(H,41,48)(H,42,49)(H,43,50)(H,52,53)/t20-,25-,26-,30+/m0/s1. The Bertz CT molecular complexity index is 1910. The summed E-state index contributed by atoms with van der Waals surface area (Å²) in [6.07, 6.45) is -5.33. The number of primary amides is 1. The van der Waals surface area contributed by atoms with Gasteiger partial charge >= 0.3 is 12.1 Å². The van der Waals surface area contributed by atoms with E-state index in [1.54, 1.807) is 25.5 Å². The van der Waals surface area contributed by atoms with Gasteiger partial charge in [-0.25, -0.2) is 8.42 Å². The number of carboxylic acids is 1. The van der Waals surface area contributed by atoms with Crippen LogP contribution in [0.1, 0.15) is 64.0 Å². The van der Waals surface area contributed by atoms with Gasteiger partial charge in [-0.05, 0) is 60.6 Å². The van der Waals surface area contributed by atoms with E-state index in [2.05, 4.69) is 16.0 Å². The lowest BCUT2D eigenvalue weighted by molar-refractivity contribution is -0.141. The fourth-order valence-electron chi connectivity index (χ4n) is 5.87. The van der Waals surface area contributed by atoms with Crippen LogP contribution >= 0.6 is 11.6 Å². The SMILES string of the molecule is CC(C)(C)[C@H](NC(=O)[C@H](Cc1ccc(O)cc1)NC(=O)CNC(=O)CC[C@H](NS(=O)(=O)c1ccc(Cl)c(C(F)(F)F)c1)C(=O)O)C(=O)N1CCC[C@H]1CC(N)=O. The Kier molecular flexibility index (Phi) is 15.2. The van der Waals surface area contributed by atoms with Crippen LogP contribution in [0.3, 0.4) is 0 Å². The highest BCUT2D eigenvalue weighted by atomic mass is 35.5. The van der Waals surface area contributed by atoms with E-state index in [0.29, 0.717) is 31.0 Å². The van der Waals surface area contributed by atoms with Crippen LogP contribution in [0.2, 0.25) is 5.02 Å². The van der Waals surface area contributed by atoms with Crippen LogP contribution in [0.4, 0.5) is 13.2 Å². The molecule has 0 saturated carbocycles. The summed E-state index contributed by atoms with van der Waals surface area (Å²) in [6.45, 7) is 4.78. The number of carbonyl (C=O) groups excluding carboxylic acids is 5. The molecule has 16 nitrogen and oxygen atoms in total. The molecule has 0 radical (unpaired) electrons. The van der Waals surface area contributed by atoms with Crippen molar-refractivity contribution in [3.8, 4) is 5.75 Å². The average molecular weight is 833 g/mol. The second-order valence-electron chi connectivity index (χ2n) is 14.3. The molecule has 2 aromatic rings. The molecule has 5 amide bonds. The number of alkyl halides is 3. The lowest BCUT2D eigenvalue weighted by Gasteiger charge is -2.36. The molecular weight excluding hydrogens is 789 g/mol. The first-order chi connectivity index (χ1) is 25.9. The predicted molar refractivity (Wildman–Crippen MR) is 194 cm³/mol. The molecule has 1 fully saturated rings. The van der Waals surface area contributed by atoms with E-state index >= 15 is 0 Å². The zero-order valence-electron chi connectivity index (χ0n) is 30.6. The Labute approximate surface area is 325 Å². The maximum absolute atomic E-state index is 13.8. The number of rotatable bonds is 17. The van der Waals surface area contributed by atoms with Gasteiger partial charge in [0.1, 0.15) is 23.9 Å². The van der Waals surface area contributed by atoms with Crippen LogP contribution in [-0.4, -0.2) is 96.3 Å². The minimum absolute atomic E-state index is 0.0517. The highest BCUT2D eigenvalue weighted by molar-refractivity contribution is 7.89. The molecular formula is C35H44ClF3N6O10S. The molecule has 1 aliphatic rings. The third-order valence-electron chi connectivity index (χ3n) is 8.78. The number of sulfonamides is 1. The van der Waals surface area contributed by atoms with E-state index in [-0.39, 0.29) is 24.7 Å². The number of aromatic hydroxyl groups is 1. The first kappa shape index (κ1) is 45.4. The maximum Gasteiger partial charge on any atom is 0.417 e. The number of benzene rings is 2. The fraction of sp³-hybridized carbons (Fsp3) is 0.486. The monoisotopic (exact) mass is 832 g/mol. The van der Waals surface area contributed by atoms with Gasteiger partial charge in [-0.15, -0.1) is 0 Å². The maximum atomic E-state index is 13.8. The number of halogens is 4. The molecule has 0 unspecified atom stereocenters. The van der Waals surface area contributed by atoms with Crippen molar-refractivity contribution < 1.29 is 60.6 Å². The quantitative estimate of drug-likeness (QED) is 0.122. The average Bonchev–Trinajstić information content (AvgIpc) is 3.54. The smallest absolute Gasteiger partial charge is 0.417 e. The highest BCUT2D eigenvalue weighted by Crippen LogP contribution is 2.36. The van der Waals surface area contributed by atoms with Crippen molar-refractivity contribution in [1.29, 1.82) is 0 Å². The van der Waals surface area contributed by atoms with Crippen molar-refractivity contribution in [1.82, 2.24) is 25.6 Å². The third kappa shape index (κ3) is 13.1. The van der Waals surface area contributed by atoms with E-state index in [4.69, 9.17) is 17.3 Å². The molecule has 8 N–H and O–H groups in total. The molecule has 1 aliphatic heterocycles. The fourth-order valence-corrected chi connectivity index (χ4v) is 7.34. The molecule has 308 valence electrons. The van der Waals surface area contributed by atoms with Crippen LogP contribution < -0.4 is 26.4 Å². The summed E-state index contributed by atoms with van der Waals surface area (Å²) in [5, 5.41) is 26.0. The van der Waals surface area contributed by atoms with Crippen molar-refractivity contribution in [2.45, 2.75) is 94.5 Å². The van der Waals surface area contributed by atoms with Gasteiger partial charge in [-0.2, -0.15) is 17.9 Å². The highest BCUT2D eigenvalue weighted by Gasteiger charge is 2.41. The zero-order valence-corrected chi connectivity index (χ0v) is 32.2. The van der Waals surface area contributed by atoms with Gasteiger partial charge in [0.15, 0.2) is 0 Å². The summed E-state index contributed by atoms with van der Waals surface area (Å²) in [6, 6.07) is 2.56. The number of aliphatic carboxylic acids is 1. The molecule has 3 rings (SSSR count). The van der Waals surface area contributed by atoms with Gasteiger partial charge in [0.05, 0.1) is 22.0 Å². The van der Waals surface area contributed by atoms with Crippen molar-refractivity contribution in [2.24, 2.45) is 11.1 Å². The first-order valence-corrected chi connectivity index (χ1v) is 19.1. The Morgan fingerprint density at radius 2 is 1.62 bits per heavy atom. The van der Waals surface area contributed by atoms with E-state index in [9.17, 15) is 60.6 Å². The molecule has 0 aliphatic carbocycles. The number of carboxylic acid groups (broad SMARTS) is 1. The summed E-state index contributed by atoms with van der Waals surface area (Å²) in [4.78, 5) is 77.3. The summed E-state index contributed by atoms with van der Waals surface area (Å²) in [5.74, 6) is -5.39. The molecule has 0 aromatic heterocycles. The number of nitrogens with one attached hydrogen (secondary N) is 4. The lowest BCUT2D eigenvalue weighted by atomic mass is 9.85. The Morgan fingerprint density at radius 3 is 2.20 bits per heavy atom. The summed E-state index contributed by atoms with van der Waals surface area (Å²) < 4.78 is 67.1. The molecule has 1 heterocycles. The second-order valence-corrected chi connectivity index (χ2v) is 16.4. The summed E-state index contributed by atoms with van der Waals surface area (Å²) in [5.41, 5.74) is 3.58. The van der Waals surface area contributed by atoms with Crippen LogP contribution in [-0.2, 0) is 51.4 Å². The largest absolute Gasteiger partial charge is 0.508 e. The van der Waals surface area contributed by atoms with Gasteiger partial charge < -0.3 is 36.8 Å². The number of phenolic OH excluding ortho intramolecular Hbond substituents is 1. The van der Waals surface area contributed by atoms with Crippen LogP contribution in [0, 0.1) is 5.41 Å². The topological polar surface area (TPSA) is 254 Å². The van der Waals surface area contributed by atoms with E-state index < -0.39 is 116 Å².